The van der Waals surface area contributed by atoms with Gasteiger partial charge >= 0.3 is 0 Å². The maximum atomic E-state index is 5.99. The Morgan fingerprint density at radius 2 is 1.38 bits per heavy atom. The van der Waals surface area contributed by atoms with E-state index in [2.05, 4.69) is 50.2 Å². The molecule has 1 aliphatic heterocycles. The summed E-state index contributed by atoms with van der Waals surface area (Å²) in [6, 6.07) is 17.1. The molecule has 4 rings (SSSR count). The van der Waals surface area contributed by atoms with Crippen LogP contribution in [0.3, 0.4) is 0 Å². The Morgan fingerprint density at radius 1 is 0.828 bits per heavy atom. The topological polar surface area (TPSA) is 27.7 Å². The molecule has 0 aromatic heterocycles. The first-order chi connectivity index (χ1) is 14.0. The molecule has 2 aliphatic rings. The molecule has 0 spiro atoms. The highest BCUT2D eigenvalue weighted by atomic mass is 16.5. The van der Waals surface area contributed by atoms with E-state index in [1.54, 1.807) is 14.2 Å². The van der Waals surface area contributed by atoms with Gasteiger partial charge in [-0.3, -0.25) is 0 Å². The number of hydrogen-bond acceptors (Lipinski definition) is 3. The lowest BCUT2D eigenvalue weighted by molar-refractivity contribution is -0.187. The van der Waals surface area contributed by atoms with Crippen molar-refractivity contribution < 1.29 is 14.2 Å². The van der Waals surface area contributed by atoms with E-state index >= 15 is 0 Å². The third-order valence-corrected chi connectivity index (χ3v) is 7.49. The zero-order valence-electron chi connectivity index (χ0n) is 18.2. The molecule has 29 heavy (non-hydrogen) atoms. The van der Waals surface area contributed by atoms with E-state index in [1.807, 2.05) is 12.1 Å². The molecular formula is C26H34O3. The van der Waals surface area contributed by atoms with Crippen molar-refractivity contribution in [2.75, 3.05) is 20.8 Å². The molecule has 4 unspecified atom stereocenters. The maximum Gasteiger partial charge on any atom is 0.118 e. The fraction of sp³-hybridized carbons (Fsp3) is 0.538. The molecule has 1 heterocycles. The minimum Gasteiger partial charge on any atom is -0.497 e. The van der Waals surface area contributed by atoms with Crippen LogP contribution in [0.25, 0.3) is 0 Å². The Morgan fingerprint density at radius 3 is 1.83 bits per heavy atom. The Hall–Kier alpha value is -2.00. The summed E-state index contributed by atoms with van der Waals surface area (Å²) in [5, 5.41) is 0. The zero-order chi connectivity index (χ0) is 20.5. The Kier molecular flexibility index (Phi) is 5.61. The van der Waals surface area contributed by atoms with E-state index in [9.17, 15) is 0 Å². The summed E-state index contributed by atoms with van der Waals surface area (Å²) in [6.45, 7) is 5.73. The number of hydrogen-bond donors (Lipinski definition) is 0. The second-order valence-electron chi connectivity index (χ2n) is 9.49. The van der Waals surface area contributed by atoms with Crippen molar-refractivity contribution in [3.8, 4) is 11.5 Å². The molecular weight excluding hydrogens is 360 g/mol. The van der Waals surface area contributed by atoms with E-state index in [0.717, 1.165) is 18.1 Å². The van der Waals surface area contributed by atoms with Gasteiger partial charge in [0.1, 0.15) is 11.5 Å². The van der Waals surface area contributed by atoms with Crippen molar-refractivity contribution in [3.05, 3.63) is 59.7 Å². The summed E-state index contributed by atoms with van der Waals surface area (Å²) in [6.07, 6.45) is 6.61. The lowest BCUT2D eigenvalue weighted by Gasteiger charge is -2.50. The predicted molar refractivity (Wildman–Crippen MR) is 117 cm³/mol. The smallest absolute Gasteiger partial charge is 0.118 e. The van der Waals surface area contributed by atoms with E-state index in [-0.39, 0.29) is 11.5 Å². The molecule has 1 aliphatic carbocycles. The summed E-state index contributed by atoms with van der Waals surface area (Å²) < 4.78 is 16.6. The maximum absolute atomic E-state index is 5.99. The number of ether oxygens (including phenoxy) is 3. The number of benzene rings is 2. The molecule has 1 saturated carbocycles. The van der Waals surface area contributed by atoms with Crippen LogP contribution in [0.5, 0.6) is 11.5 Å². The SMILES string of the molecule is COc1ccc(C2CCC2(C)CCCC2(C)COC2c2ccc(OC)cc2)cc1. The highest BCUT2D eigenvalue weighted by Crippen LogP contribution is 2.57. The van der Waals surface area contributed by atoms with Gasteiger partial charge in [0.05, 0.1) is 26.9 Å². The molecule has 0 amide bonds. The largest absolute Gasteiger partial charge is 0.497 e. The molecule has 2 fully saturated rings. The zero-order valence-corrected chi connectivity index (χ0v) is 18.2. The van der Waals surface area contributed by atoms with Crippen molar-refractivity contribution in [2.45, 2.75) is 58.0 Å². The molecule has 0 bridgehead atoms. The van der Waals surface area contributed by atoms with Crippen molar-refractivity contribution in [3.63, 3.8) is 0 Å². The Bertz CT molecular complexity index is 743. The fourth-order valence-corrected chi connectivity index (χ4v) is 5.31. The van der Waals surface area contributed by atoms with E-state index in [4.69, 9.17) is 14.2 Å². The average molecular weight is 395 g/mol. The van der Waals surface area contributed by atoms with E-state index in [0.29, 0.717) is 11.3 Å². The molecule has 1 saturated heterocycles. The molecule has 3 heteroatoms. The number of methoxy groups -OCH3 is 2. The second-order valence-corrected chi connectivity index (χ2v) is 9.49. The first-order valence-electron chi connectivity index (χ1n) is 10.9. The predicted octanol–water partition coefficient (Wildman–Crippen LogP) is 6.54. The molecule has 2 aromatic rings. The normalized spacial score (nSPS) is 30.9. The lowest BCUT2D eigenvalue weighted by Crippen LogP contribution is -2.43. The number of rotatable bonds is 8. The van der Waals surface area contributed by atoms with E-state index < -0.39 is 0 Å². The Labute approximate surface area is 175 Å². The second kappa shape index (κ2) is 8.02. The van der Waals surface area contributed by atoms with Gasteiger partial charge in [-0.25, -0.2) is 0 Å². The van der Waals surface area contributed by atoms with Gasteiger partial charge < -0.3 is 14.2 Å². The van der Waals surface area contributed by atoms with Crippen LogP contribution < -0.4 is 9.47 Å². The average Bonchev–Trinajstić information content (AvgIpc) is 2.73. The van der Waals surface area contributed by atoms with Crippen molar-refractivity contribution in [1.82, 2.24) is 0 Å². The highest BCUT2D eigenvalue weighted by Gasteiger charge is 2.47. The molecule has 4 atom stereocenters. The summed E-state index contributed by atoms with van der Waals surface area (Å²) in [7, 11) is 3.44. The van der Waals surface area contributed by atoms with Crippen LogP contribution >= 0.6 is 0 Å². The van der Waals surface area contributed by atoms with Gasteiger partial charge in [0.2, 0.25) is 0 Å². The first-order valence-corrected chi connectivity index (χ1v) is 10.9. The van der Waals surface area contributed by atoms with E-state index in [1.165, 1.54) is 43.2 Å². The quantitative estimate of drug-likeness (QED) is 0.509. The van der Waals surface area contributed by atoms with Crippen molar-refractivity contribution in [1.29, 1.82) is 0 Å². The van der Waals surface area contributed by atoms with Crippen LogP contribution in [-0.2, 0) is 4.74 Å². The third-order valence-electron chi connectivity index (χ3n) is 7.49. The molecule has 0 N–H and O–H groups in total. The van der Waals surface area contributed by atoms with Gasteiger partial charge in [-0.1, -0.05) is 44.5 Å². The van der Waals surface area contributed by atoms with Gasteiger partial charge in [-0.2, -0.15) is 0 Å². The van der Waals surface area contributed by atoms with Gasteiger partial charge in [0, 0.05) is 5.41 Å². The van der Waals surface area contributed by atoms with Crippen LogP contribution in [0.15, 0.2) is 48.5 Å². The van der Waals surface area contributed by atoms with Crippen LogP contribution in [0.2, 0.25) is 0 Å². The van der Waals surface area contributed by atoms with Crippen LogP contribution in [-0.4, -0.2) is 20.8 Å². The summed E-state index contributed by atoms with van der Waals surface area (Å²) in [5.41, 5.74) is 3.40. The Balaban J connectivity index is 1.33. The first kappa shape index (κ1) is 20.3. The summed E-state index contributed by atoms with van der Waals surface area (Å²) in [5.74, 6) is 2.52. The standard InChI is InChI=1S/C26H34O3/c1-25(17-14-23(25)19-6-10-21(27-3)11-7-19)15-5-16-26(2)18-29-24(26)20-8-12-22(28-4)13-9-20/h6-13,23-24H,5,14-18H2,1-4H3. The van der Waals surface area contributed by atoms with Crippen LogP contribution in [0, 0.1) is 10.8 Å². The third kappa shape index (κ3) is 3.90. The highest BCUT2D eigenvalue weighted by molar-refractivity contribution is 5.32. The van der Waals surface area contributed by atoms with Crippen LogP contribution in [0.4, 0.5) is 0 Å². The van der Waals surface area contributed by atoms with Gasteiger partial charge in [0.25, 0.3) is 0 Å². The molecule has 0 radical (unpaired) electrons. The van der Waals surface area contributed by atoms with Crippen molar-refractivity contribution >= 4 is 0 Å². The van der Waals surface area contributed by atoms with Gasteiger partial charge in [-0.05, 0) is 72.4 Å². The summed E-state index contributed by atoms with van der Waals surface area (Å²) >= 11 is 0. The lowest BCUT2D eigenvalue weighted by atomic mass is 9.56. The minimum absolute atomic E-state index is 0.208. The minimum atomic E-state index is 0.208. The summed E-state index contributed by atoms with van der Waals surface area (Å²) in [4.78, 5) is 0. The van der Waals surface area contributed by atoms with Crippen molar-refractivity contribution in [2.24, 2.45) is 10.8 Å². The monoisotopic (exact) mass is 394 g/mol. The molecule has 156 valence electrons. The van der Waals surface area contributed by atoms with Gasteiger partial charge in [0.15, 0.2) is 0 Å². The molecule has 2 aromatic carbocycles. The fourth-order valence-electron chi connectivity index (χ4n) is 5.31. The van der Waals surface area contributed by atoms with Crippen LogP contribution in [0.1, 0.15) is 69.1 Å². The molecule has 3 nitrogen and oxygen atoms in total. The van der Waals surface area contributed by atoms with Gasteiger partial charge in [-0.15, -0.1) is 0 Å².